The number of amides is 2. The molecule has 0 aliphatic carbocycles. The summed E-state index contributed by atoms with van der Waals surface area (Å²) < 4.78 is 10.8. The summed E-state index contributed by atoms with van der Waals surface area (Å²) >= 11 is 0. The first-order valence-electron chi connectivity index (χ1n) is 9.43. The van der Waals surface area contributed by atoms with Crippen molar-refractivity contribution in [2.75, 3.05) is 26.8 Å². The minimum atomic E-state index is -0.307. The Labute approximate surface area is 165 Å². The van der Waals surface area contributed by atoms with Crippen molar-refractivity contribution in [2.24, 2.45) is 5.92 Å². The van der Waals surface area contributed by atoms with E-state index >= 15 is 0 Å². The molecule has 6 nitrogen and oxygen atoms in total. The average Bonchev–Trinajstić information content (AvgIpc) is 3.07. The molecule has 0 aromatic heterocycles. The van der Waals surface area contributed by atoms with Crippen molar-refractivity contribution >= 4 is 11.8 Å². The van der Waals surface area contributed by atoms with Crippen molar-refractivity contribution in [2.45, 2.75) is 19.9 Å². The number of benzene rings is 2. The van der Waals surface area contributed by atoms with Gasteiger partial charge in [0.15, 0.2) is 0 Å². The van der Waals surface area contributed by atoms with Crippen LogP contribution < -0.4 is 14.8 Å². The minimum Gasteiger partial charge on any atom is -0.497 e. The SMILES string of the molecule is COc1ccc(OCCN2CC(C(=O)NCc3cccc(C)c3)CC2=O)cc1. The van der Waals surface area contributed by atoms with Crippen molar-refractivity contribution in [3.05, 3.63) is 59.7 Å². The number of carbonyl (C=O) groups is 2. The van der Waals surface area contributed by atoms with Crippen LogP contribution in [-0.2, 0) is 16.1 Å². The number of hydrogen-bond donors (Lipinski definition) is 1. The number of ether oxygens (including phenoxy) is 2. The van der Waals surface area contributed by atoms with Gasteiger partial charge in [0.25, 0.3) is 0 Å². The molecular weight excluding hydrogens is 356 g/mol. The van der Waals surface area contributed by atoms with Gasteiger partial charge in [-0.15, -0.1) is 0 Å². The van der Waals surface area contributed by atoms with Gasteiger partial charge in [0.1, 0.15) is 18.1 Å². The summed E-state index contributed by atoms with van der Waals surface area (Å²) in [6.45, 7) is 3.78. The topological polar surface area (TPSA) is 67.9 Å². The zero-order chi connectivity index (χ0) is 19.9. The van der Waals surface area contributed by atoms with Crippen LogP contribution in [0.1, 0.15) is 17.5 Å². The molecule has 6 heteroatoms. The van der Waals surface area contributed by atoms with E-state index in [9.17, 15) is 9.59 Å². The first-order valence-corrected chi connectivity index (χ1v) is 9.43. The molecule has 1 unspecified atom stereocenters. The first kappa shape index (κ1) is 19.7. The van der Waals surface area contributed by atoms with Gasteiger partial charge in [-0.2, -0.15) is 0 Å². The number of methoxy groups -OCH3 is 1. The van der Waals surface area contributed by atoms with E-state index in [0.717, 1.165) is 22.6 Å². The molecule has 28 heavy (non-hydrogen) atoms. The van der Waals surface area contributed by atoms with E-state index in [4.69, 9.17) is 9.47 Å². The maximum Gasteiger partial charge on any atom is 0.225 e. The quantitative estimate of drug-likeness (QED) is 0.762. The summed E-state index contributed by atoms with van der Waals surface area (Å²) in [5.74, 6) is 1.10. The molecule has 2 amide bonds. The molecule has 148 valence electrons. The molecule has 1 fully saturated rings. The number of nitrogens with zero attached hydrogens (tertiary/aromatic N) is 1. The molecule has 1 N–H and O–H groups in total. The van der Waals surface area contributed by atoms with Crippen LogP contribution in [0.5, 0.6) is 11.5 Å². The van der Waals surface area contributed by atoms with Crippen LogP contribution in [-0.4, -0.2) is 43.5 Å². The van der Waals surface area contributed by atoms with Gasteiger partial charge in [-0.1, -0.05) is 29.8 Å². The molecule has 1 aliphatic rings. The highest BCUT2D eigenvalue weighted by Gasteiger charge is 2.33. The van der Waals surface area contributed by atoms with Gasteiger partial charge in [-0.3, -0.25) is 9.59 Å². The van der Waals surface area contributed by atoms with Crippen molar-refractivity contribution in [3.63, 3.8) is 0 Å². The lowest BCUT2D eigenvalue weighted by Crippen LogP contribution is -2.34. The maximum absolute atomic E-state index is 12.4. The van der Waals surface area contributed by atoms with Crippen molar-refractivity contribution in [1.82, 2.24) is 10.2 Å². The predicted octanol–water partition coefficient (Wildman–Crippen LogP) is 2.55. The summed E-state index contributed by atoms with van der Waals surface area (Å²) in [5, 5.41) is 2.94. The molecular formula is C22H26N2O4. The second-order valence-electron chi connectivity index (χ2n) is 6.97. The predicted molar refractivity (Wildman–Crippen MR) is 106 cm³/mol. The van der Waals surface area contributed by atoms with E-state index in [1.165, 1.54) is 0 Å². The number of carbonyl (C=O) groups excluding carboxylic acids is 2. The molecule has 1 atom stereocenters. The molecule has 2 aromatic carbocycles. The van der Waals surface area contributed by atoms with Crippen LogP contribution in [0.4, 0.5) is 0 Å². The third-order valence-corrected chi connectivity index (χ3v) is 4.82. The molecule has 0 spiro atoms. The Bertz CT molecular complexity index is 820. The summed E-state index contributed by atoms with van der Waals surface area (Å²) in [7, 11) is 1.61. The van der Waals surface area contributed by atoms with Gasteiger partial charge < -0.3 is 19.7 Å². The first-order chi connectivity index (χ1) is 13.5. The minimum absolute atomic E-state index is 0.00552. The van der Waals surface area contributed by atoms with Crippen LogP contribution in [0.25, 0.3) is 0 Å². The zero-order valence-corrected chi connectivity index (χ0v) is 16.3. The van der Waals surface area contributed by atoms with E-state index in [1.54, 1.807) is 12.0 Å². The highest BCUT2D eigenvalue weighted by Crippen LogP contribution is 2.19. The van der Waals surface area contributed by atoms with Gasteiger partial charge in [-0.05, 0) is 36.8 Å². The van der Waals surface area contributed by atoms with Crippen LogP contribution >= 0.6 is 0 Å². The fourth-order valence-corrected chi connectivity index (χ4v) is 3.27. The smallest absolute Gasteiger partial charge is 0.225 e. The summed E-state index contributed by atoms with van der Waals surface area (Å²) in [6, 6.07) is 15.3. The Morgan fingerprint density at radius 1 is 1.18 bits per heavy atom. The Morgan fingerprint density at radius 2 is 1.93 bits per heavy atom. The Morgan fingerprint density at radius 3 is 2.64 bits per heavy atom. The van der Waals surface area contributed by atoms with Gasteiger partial charge in [0.2, 0.25) is 11.8 Å². The normalized spacial score (nSPS) is 16.1. The lowest BCUT2D eigenvalue weighted by Gasteiger charge is -2.17. The lowest BCUT2D eigenvalue weighted by atomic mass is 10.1. The van der Waals surface area contributed by atoms with Crippen molar-refractivity contribution < 1.29 is 19.1 Å². The van der Waals surface area contributed by atoms with Gasteiger partial charge in [-0.25, -0.2) is 0 Å². The Kier molecular flexibility index (Phi) is 6.53. The molecule has 3 rings (SSSR count). The largest absolute Gasteiger partial charge is 0.497 e. The summed E-state index contributed by atoms with van der Waals surface area (Å²) in [5.41, 5.74) is 2.22. The second-order valence-corrected chi connectivity index (χ2v) is 6.97. The van der Waals surface area contributed by atoms with Crippen LogP contribution in [0, 0.1) is 12.8 Å². The standard InChI is InChI=1S/C22H26N2O4/c1-16-4-3-5-17(12-16)14-23-22(26)18-13-21(25)24(15-18)10-11-28-20-8-6-19(27-2)7-9-20/h3-9,12,18H,10-11,13-15H2,1-2H3,(H,23,26). The number of rotatable bonds is 8. The van der Waals surface area contributed by atoms with E-state index in [-0.39, 0.29) is 24.2 Å². The lowest BCUT2D eigenvalue weighted by molar-refractivity contribution is -0.129. The number of hydrogen-bond acceptors (Lipinski definition) is 4. The molecule has 0 bridgehead atoms. The third-order valence-electron chi connectivity index (χ3n) is 4.82. The molecule has 2 aromatic rings. The molecule has 0 saturated carbocycles. The summed E-state index contributed by atoms with van der Waals surface area (Å²) in [6.07, 6.45) is 0.252. The Balaban J connectivity index is 1.42. The summed E-state index contributed by atoms with van der Waals surface area (Å²) in [4.78, 5) is 26.3. The van der Waals surface area contributed by atoms with Crippen LogP contribution in [0.3, 0.4) is 0 Å². The van der Waals surface area contributed by atoms with E-state index in [2.05, 4.69) is 5.32 Å². The fraction of sp³-hybridized carbons (Fsp3) is 0.364. The third kappa shape index (κ3) is 5.25. The van der Waals surface area contributed by atoms with Crippen molar-refractivity contribution in [3.8, 4) is 11.5 Å². The van der Waals surface area contributed by atoms with E-state index in [1.807, 2.05) is 55.5 Å². The Hall–Kier alpha value is -3.02. The van der Waals surface area contributed by atoms with Crippen LogP contribution in [0.2, 0.25) is 0 Å². The molecule has 0 radical (unpaired) electrons. The fourth-order valence-electron chi connectivity index (χ4n) is 3.27. The highest BCUT2D eigenvalue weighted by molar-refractivity contribution is 5.89. The van der Waals surface area contributed by atoms with Crippen molar-refractivity contribution in [1.29, 1.82) is 0 Å². The van der Waals surface area contributed by atoms with Gasteiger partial charge >= 0.3 is 0 Å². The average molecular weight is 382 g/mol. The van der Waals surface area contributed by atoms with Crippen LogP contribution in [0.15, 0.2) is 48.5 Å². The van der Waals surface area contributed by atoms with E-state index < -0.39 is 0 Å². The van der Waals surface area contributed by atoms with E-state index in [0.29, 0.717) is 26.2 Å². The monoisotopic (exact) mass is 382 g/mol. The zero-order valence-electron chi connectivity index (χ0n) is 16.3. The molecule has 1 heterocycles. The molecule has 1 saturated heterocycles. The number of aryl methyl sites for hydroxylation is 1. The maximum atomic E-state index is 12.4. The second kappa shape index (κ2) is 9.26. The molecule has 1 aliphatic heterocycles. The number of nitrogens with one attached hydrogen (secondary N) is 1. The van der Waals surface area contributed by atoms with Gasteiger partial charge in [0.05, 0.1) is 19.6 Å². The highest BCUT2D eigenvalue weighted by atomic mass is 16.5. The van der Waals surface area contributed by atoms with Gasteiger partial charge in [0, 0.05) is 19.5 Å². The number of likely N-dealkylation sites (tertiary alicyclic amines) is 1.